The molecule has 0 aromatic carbocycles. The van der Waals surface area contributed by atoms with Crippen LogP contribution in [0.1, 0.15) is 51.3 Å². The monoisotopic (exact) mass is 237 g/mol. The molecule has 2 heteroatoms. The van der Waals surface area contributed by atoms with Crippen LogP contribution in [0.4, 0.5) is 0 Å². The molecule has 0 aliphatic rings. The maximum absolute atomic E-state index is 4.48. The summed E-state index contributed by atoms with van der Waals surface area (Å²) in [4.78, 5) is 4.48. The van der Waals surface area contributed by atoms with Gasteiger partial charge in [0.1, 0.15) is 0 Å². The number of nitrogens with zero attached hydrogens (tertiary/aromatic N) is 1. The van der Waals surface area contributed by atoms with E-state index in [9.17, 15) is 0 Å². The average Bonchev–Trinajstić information content (AvgIpc) is 2.25. The number of hydrogen-bond acceptors (Lipinski definition) is 2. The fraction of sp³-hybridized carbons (Fsp3) is 0.643. The van der Waals surface area contributed by atoms with Crippen molar-refractivity contribution in [3.05, 3.63) is 29.6 Å². The maximum Gasteiger partial charge on any atom is 0.0429 e. The van der Waals surface area contributed by atoms with Crippen molar-refractivity contribution in [2.24, 2.45) is 5.92 Å². The second-order valence-electron chi connectivity index (χ2n) is 4.98. The van der Waals surface area contributed by atoms with Crippen molar-refractivity contribution >= 4 is 11.8 Å². The first-order valence-electron chi connectivity index (χ1n) is 6.12. The Labute approximate surface area is 104 Å². The van der Waals surface area contributed by atoms with Gasteiger partial charge in [-0.3, -0.25) is 4.98 Å². The van der Waals surface area contributed by atoms with Gasteiger partial charge in [0.15, 0.2) is 0 Å². The molecule has 1 nitrogen and oxygen atoms in total. The number of pyridine rings is 1. The zero-order chi connectivity index (χ0) is 12.0. The molecule has 0 spiro atoms. The molecule has 0 fully saturated rings. The van der Waals surface area contributed by atoms with Crippen molar-refractivity contribution in [2.45, 2.75) is 45.8 Å². The molecule has 0 aliphatic heterocycles. The Morgan fingerprint density at radius 1 is 1.19 bits per heavy atom. The molecule has 0 aliphatic carbocycles. The first-order chi connectivity index (χ1) is 7.59. The van der Waals surface area contributed by atoms with Gasteiger partial charge in [0.2, 0.25) is 0 Å². The normalized spacial score (nSPS) is 11.4. The summed E-state index contributed by atoms with van der Waals surface area (Å²) in [6.07, 6.45) is 3.33. The SMILES string of the molecule is CC(C)CCSCc1ccc(C(C)C)nc1. The van der Waals surface area contributed by atoms with E-state index >= 15 is 0 Å². The first-order valence-corrected chi connectivity index (χ1v) is 7.27. The zero-order valence-electron chi connectivity index (χ0n) is 10.9. The van der Waals surface area contributed by atoms with E-state index in [1.165, 1.54) is 23.4 Å². The van der Waals surface area contributed by atoms with E-state index in [2.05, 4.69) is 44.8 Å². The van der Waals surface area contributed by atoms with E-state index in [4.69, 9.17) is 0 Å². The predicted molar refractivity (Wildman–Crippen MR) is 73.9 cm³/mol. The van der Waals surface area contributed by atoms with Gasteiger partial charge in [-0.05, 0) is 35.6 Å². The minimum Gasteiger partial charge on any atom is -0.261 e. The molecule has 0 amide bonds. The van der Waals surface area contributed by atoms with Gasteiger partial charge in [0.25, 0.3) is 0 Å². The summed E-state index contributed by atoms with van der Waals surface area (Å²) in [5, 5.41) is 0. The Kier molecular flexibility index (Phi) is 5.89. The van der Waals surface area contributed by atoms with Crippen LogP contribution in [0.2, 0.25) is 0 Å². The van der Waals surface area contributed by atoms with Crippen LogP contribution in [0.15, 0.2) is 18.3 Å². The van der Waals surface area contributed by atoms with Gasteiger partial charge in [-0.25, -0.2) is 0 Å². The Hall–Kier alpha value is -0.500. The smallest absolute Gasteiger partial charge is 0.0429 e. The fourth-order valence-electron chi connectivity index (χ4n) is 1.37. The summed E-state index contributed by atoms with van der Waals surface area (Å²) in [6, 6.07) is 4.37. The quantitative estimate of drug-likeness (QED) is 0.676. The van der Waals surface area contributed by atoms with Crippen LogP contribution in [-0.4, -0.2) is 10.7 Å². The first kappa shape index (κ1) is 13.6. The Bertz CT molecular complexity index is 290. The molecular weight excluding hydrogens is 214 g/mol. The van der Waals surface area contributed by atoms with E-state index in [-0.39, 0.29) is 0 Å². The number of rotatable bonds is 6. The van der Waals surface area contributed by atoms with Crippen molar-refractivity contribution in [3.8, 4) is 0 Å². The number of thioether (sulfide) groups is 1. The molecule has 1 rings (SSSR count). The minimum absolute atomic E-state index is 0.530. The third-order valence-electron chi connectivity index (χ3n) is 2.55. The van der Waals surface area contributed by atoms with Gasteiger partial charge in [-0.2, -0.15) is 11.8 Å². The van der Waals surface area contributed by atoms with Crippen molar-refractivity contribution in [3.63, 3.8) is 0 Å². The fourth-order valence-corrected chi connectivity index (χ4v) is 2.56. The molecule has 0 N–H and O–H groups in total. The highest BCUT2D eigenvalue weighted by atomic mass is 32.2. The van der Waals surface area contributed by atoms with E-state index in [1.54, 1.807) is 0 Å². The maximum atomic E-state index is 4.48. The molecule has 1 aromatic rings. The second kappa shape index (κ2) is 6.95. The Morgan fingerprint density at radius 3 is 2.44 bits per heavy atom. The Morgan fingerprint density at radius 2 is 1.94 bits per heavy atom. The minimum atomic E-state index is 0.530. The van der Waals surface area contributed by atoms with Crippen LogP contribution in [0.5, 0.6) is 0 Å². The van der Waals surface area contributed by atoms with Crippen LogP contribution < -0.4 is 0 Å². The standard InChI is InChI=1S/C14H23NS/c1-11(2)7-8-16-10-13-5-6-14(12(3)4)15-9-13/h5-6,9,11-12H,7-8,10H2,1-4H3. The van der Waals surface area contributed by atoms with Gasteiger partial charge < -0.3 is 0 Å². The highest BCUT2D eigenvalue weighted by Gasteiger charge is 2.01. The summed E-state index contributed by atoms with van der Waals surface area (Å²) in [5.74, 6) is 3.69. The lowest BCUT2D eigenvalue weighted by Gasteiger charge is -2.06. The van der Waals surface area contributed by atoms with Crippen LogP contribution in [0, 0.1) is 5.92 Å². The largest absolute Gasteiger partial charge is 0.261 e. The van der Waals surface area contributed by atoms with Gasteiger partial charge >= 0.3 is 0 Å². The van der Waals surface area contributed by atoms with Crippen LogP contribution in [0.3, 0.4) is 0 Å². The average molecular weight is 237 g/mol. The van der Waals surface area contributed by atoms with Crippen LogP contribution in [0.25, 0.3) is 0 Å². The molecule has 0 saturated heterocycles. The summed E-state index contributed by atoms with van der Waals surface area (Å²) >= 11 is 2.01. The zero-order valence-corrected chi connectivity index (χ0v) is 11.7. The van der Waals surface area contributed by atoms with Crippen molar-refractivity contribution in [1.29, 1.82) is 0 Å². The molecule has 1 aromatic heterocycles. The van der Waals surface area contributed by atoms with Crippen LogP contribution in [-0.2, 0) is 5.75 Å². The van der Waals surface area contributed by atoms with E-state index < -0.39 is 0 Å². The molecule has 0 radical (unpaired) electrons. The summed E-state index contributed by atoms with van der Waals surface area (Å²) < 4.78 is 0. The lowest BCUT2D eigenvalue weighted by Crippen LogP contribution is -1.94. The van der Waals surface area contributed by atoms with Gasteiger partial charge in [0.05, 0.1) is 0 Å². The molecule has 1 heterocycles. The number of aromatic nitrogens is 1. The van der Waals surface area contributed by atoms with Crippen LogP contribution >= 0.6 is 11.8 Å². The van der Waals surface area contributed by atoms with Crippen molar-refractivity contribution in [1.82, 2.24) is 4.98 Å². The van der Waals surface area contributed by atoms with Gasteiger partial charge in [-0.15, -0.1) is 0 Å². The number of hydrogen-bond donors (Lipinski definition) is 0. The Balaban J connectivity index is 2.32. The molecule has 0 bridgehead atoms. The van der Waals surface area contributed by atoms with Gasteiger partial charge in [-0.1, -0.05) is 33.8 Å². The third kappa shape index (κ3) is 5.02. The molecule has 16 heavy (non-hydrogen) atoms. The lowest BCUT2D eigenvalue weighted by molar-refractivity contribution is 0.632. The van der Waals surface area contributed by atoms with Gasteiger partial charge in [0, 0.05) is 17.6 Å². The predicted octanol–water partition coefficient (Wildman–Crippen LogP) is 4.48. The molecule has 0 atom stereocenters. The molecular formula is C14H23NS. The highest BCUT2D eigenvalue weighted by molar-refractivity contribution is 7.98. The molecule has 0 saturated carbocycles. The van der Waals surface area contributed by atoms with E-state index in [1.807, 2.05) is 18.0 Å². The highest BCUT2D eigenvalue weighted by Crippen LogP contribution is 2.17. The van der Waals surface area contributed by atoms with E-state index in [0.717, 1.165) is 11.7 Å². The third-order valence-corrected chi connectivity index (χ3v) is 3.61. The summed E-state index contributed by atoms with van der Waals surface area (Å²) in [5.41, 5.74) is 2.54. The molecule has 90 valence electrons. The van der Waals surface area contributed by atoms with Crippen molar-refractivity contribution < 1.29 is 0 Å². The van der Waals surface area contributed by atoms with E-state index in [0.29, 0.717) is 5.92 Å². The summed E-state index contributed by atoms with van der Waals surface area (Å²) in [6.45, 7) is 8.91. The summed E-state index contributed by atoms with van der Waals surface area (Å²) in [7, 11) is 0. The molecule has 0 unspecified atom stereocenters. The second-order valence-corrected chi connectivity index (χ2v) is 6.09. The topological polar surface area (TPSA) is 12.9 Å². The lowest BCUT2D eigenvalue weighted by atomic mass is 10.1. The van der Waals surface area contributed by atoms with Crippen molar-refractivity contribution in [2.75, 3.05) is 5.75 Å².